The topological polar surface area (TPSA) is 64.4 Å². The molecule has 4 nitrogen and oxygen atoms in total. The third-order valence-electron chi connectivity index (χ3n) is 2.63. The van der Waals surface area contributed by atoms with Crippen LogP contribution in [0.15, 0.2) is 18.2 Å². The minimum absolute atomic E-state index is 0.158. The highest BCUT2D eigenvalue weighted by molar-refractivity contribution is 5.99. The van der Waals surface area contributed by atoms with Crippen LogP contribution >= 0.6 is 0 Å². The zero-order valence-electron chi connectivity index (χ0n) is 10.9. The summed E-state index contributed by atoms with van der Waals surface area (Å²) in [5, 5.41) is 2.77. The van der Waals surface area contributed by atoms with Crippen molar-refractivity contribution in [2.75, 3.05) is 12.8 Å². The van der Waals surface area contributed by atoms with Gasteiger partial charge in [-0.2, -0.15) is 0 Å². The number of methoxy groups -OCH3 is 1. The second-order valence-corrected chi connectivity index (χ2v) is 4.29. The van der Waals surface area contributed by atoms with Crippen LogP contribution in [0.25, 0.3) is 0 Å². The van der Waals surface area contributed by atoms with Gasteiger partial charge in [0.25, 0.3) is 5.91 Å². The number of ether oxygens (including phenoxy) is 1. The molecule has 4 heteroatoms. The number of rotatable bonds is 4. The lowest BCUT2D eigenvalue weighted by Crippen LogP contribution is -2.37. The monoisotopic (exact) mass is 246 g/mol. The van der Waals surface area contributed by atoms with Crippen LogP contribution < -0.4 is 15.8 Å². The minimum atomic E-state index is -0.316. The van der Waals surface area contributed by atoms with Crippen molar-refractivity contribution in [2.24, 2.45) is 5.92 Å². The van der Waals surface area contributed by atoms with Gasteiger partial charge in [-0.15, -0.1) is 6.42 Å². The molecular formula is C14H18N2O2. The van der Waals surface area contributed by atoms with Crippen LogP contribution in [0.1, 0.15) is 24.2 Å². The number of carbonyl (C=O) groups excluding carboxylic acids is 1. The predicted octanol–water partition coefficient (Wildman–Crippen LogP) is 1.67. The summed E-state index contributed by atoms with van der Waals surface area (Å²) < 4.78 is 5.14. The Labute approximate surface area is 108 Å². The third kappa shape index (κ3) is 2.95. The minimum Gasteiger partial charge on any atom is -0.494 e. The lowest BCUT2D eigenvalue weighted by atomic mass is 10.0. The molecule has 0 heterocycles. The molecule has 1 aromatic carbocycles. The lowest BCUT2D eigenvalue weighted by molar-refractivity contribution is 0.0935. The molecule has 18 heavy (non-hydrogen) atoms. The second-order valence-electron chi connectivity index (χ2n) is 4.29. The van der Waals surface area contributed by atoms with Crippen LogP contribution in [0.5, 0.6) is 5.75 Å². The number of hydrogen-bond donors (Lipinski definition) is 2. The average molecular weight is 246 g/mol. The van der Waals surface area contributed by atoms with Gasteiger partial charge in [-0.25, -0.2) is 0 Å². The van der Waals surface area contributed by atoms with Gasteiger partial charge >= 0.3 is 0 Å². The molecule has 1 aromatic rings. The van der Waals surface area contributed by atoms with E-state index in [1.165, 1.54) is 7.11 Å². The summed E-state index contributed by atoms with van der Waals surface area (Å²) in [4.78, 5) is 12.1. The Hall–Kier alpha value is -2.15. The number of hydrogen-bond acceptors (Lipinski definition) is 3. The summed E-state index contributed by atoms with van der Waals surface area (Å²) in [7, 11) is 1.48. The van der Waals surface area contributed by atoms with Gasteiger partial charge in [-0.3, -0.25) is 4.79 Å². The number of para-hydroxylation sites is 1. The van der Waals surface area contributed by atoms with Gasteiger partial charge in [0, 0.05) is 0 Å². The number of benzene rings is 1. The number of amides is 1. The van der Waals surface area contributed by atoms with Gasteiger partial charge in [-0.1, -0.05) is 25.8 Å². The van der Waals surface area contributed by atoms with E-state index in [1.54, 1.807) is 18.2 Å². The van der Waals surface area contributed by atoms with Crippen LogP contribution in [-0.4, -0.2) is 19.1 Å². The maximum Gasteiger partial charge on any atom is 0.256 e. The van der Waals surface area contributed by atoms with E-state index >= 15 is 0 Å². The summed E-state index contributed by atoms with van der Waals surface area (Å²) in [5.41, 5.74) is 6.56. The molecule has 0 saturated carbocycles. The zero-order chi connectivity index (χ0) is 13.7. The van der Waals surface area contributed by atoms with E-state index in [0.717, 1.165) is 0 Å². The third-order valence-corrected chi connectivity index (χ3v) is 2.63. The molecule has 0 aliphatic carbocycles. The fraction of sp³-hybridized carbons (Fsp3) is 0.357. The number of carbonyl (C=O) groups is 1. The Morgan fingerprint density at radius 3 is 2.67 bits per heavy atom. The molecule has 96 valence electrons. The van der Waals surface area contributed by atoms with Crippen molar-refractivity contribution in [2.45, 2.75) is 19.9 Å². The lowest BCUT2D eigenvalue weighted by Gasteiger charge is -2.18. The largest absolute Gasteiger partial charge is 0.494 e. The fourth-order valence-electron chi connectivity index (χ4n) is 1.58. The summed E-state index contributed by atoms with van der Waals surface area (Å²) in [5.74, 6) is 2.80. The van der Waals surface area contributed by atoms with E-state index in [0.29, 0.717) is 17.0 Å². The first-order chi connectivity index (χ1) is 8.51. The highest BCUT2D eigenvalue weighted by Crippen LogP contribution is 2.25. The molecule has 0 aromatic heterocycles. The summed E-state index contributed by atoms with van der Waals surface area (Å²) in [6.45, 7) is 3.89. The van der Waals surface area contributed by atoms with Crippen molar-refractivity contribution < 1.29 is 9.53 Å². The predicted molar refractivity (Wildman–Crippen MR) is 72.3 cm³/mol. The molecule has 0 saturated heterocycles. The molecule has 1 amide bonds. The van der Waals surface area contributed by atoms with Gasteiger partial charge in [0.2, 0.25) is 0 Å². The molecule has 0 radical (unpaired) electrons. The van der Waals surface area contributed by atoms with E-state index < -0.39 is 0 Å². The quantitative estimate of drug-likeness (QED) is 0.627. The van der Waals surface area contributed by atoms with Crippen molar-refractivity contribution in [1.82, 2.24) is 5.32 Å². The number of terminal acetylenes is 1. The number of nitrogens with one attached hydrogen (secondary N) is 1. The van der Waals surface area contributed by atoms with E-state index in [4.69, 9.17) is 16.9 Å². The first kappa shape index (κ1) is 13.9. The van der Waals surface area contributed by atoms with E-state index in [2.05, 4.69) is 11.2 Å². The van der Waals surface area contributed by atoms with Crippen molar-refractivity contribution in [3.63, 3.8) is 0 Å². The van der Waals surface area contributed by atoms with Crippen molar-refractivity contribution in [3.05, 3.63) is 23.8 Å². The normalized spacial score (nSPS) is 11.7. The van der Waals surface area contributed by atoms with Crippen LogP contribution in [0, 0.1) is 18.3 Å². The van der Waals surface area contributed by atoms with Gasteiger partial charge < -0.3 is 15.8 Å². The van der Waals surface area contributed by atoms with Gasteiger partial charge in [0.15, 0.2) is 5.75 Å². The molecule has 0 spiro atoms. The van der Waals surface area contributed by atoms with Crippen LogP contribution in [0.4, 0.5) is 5.69 Å². The Morgan fingerprint density at radius 1 is 1.50 bits per heavy atom. The van der Waals surface area contributed by atoms with Crippen molar-refractivity contribution in [1.29, 1.82) is 0 Å². The van der Waals surface area contributed by atoms with E-state index in [1.807, 2.05) is 13.8 Å². The van der Waals surface area contributed by atoms with Crippen LogP contribution in [-0.2, 0) is 0 Å². The first-order valence-electron chi connectivity index (χ1n) is 5.70. The zero-order valence-corrected chi connectivity index (χ0v) is 10.9. The SMILES string of the molecule is C#CC(NC(=O)c1cccc(N)c1OC)C(C)C. The van der Waals surface area contributed by atoms with E-state index in [9.17, 15) is 4.79 Å². The maximum absolute atomic E-state index is 12.1. The number of anilines is 1. The highest BCUT2D eigenvalue weighted by atomic mass is 16.5. The molecule has 3 N–H and O–H groups in total. The van der Waals surface area contributed by atoms with Crippen molar-refractivity contribution >= 4 is 11.6 Å². The number of nitrogens with two attached hydrogens (primary N) is 1. The summed E-state index contributed by atoms with van der Waals surface area (Å²) in [6.07, 6.45) is 5.38. The Kier molecular flexibility index (Phi) is 4.61. The van der Waals surface area contributed by atoms with Gasteiger partial charge in [0.05, 0.1) is 24.4 Å². The fourth-order valence-corrected chi connectivity index (χ4v) is 1.58. The number of nitrogen functional groups attached to an aromatic ring is 1. The molecule has 1 rings (SSSR count). The smallest absolute Gasteiger partial charge is 0.256 e. The molecule has 0 bridgehead atoms. The first-order valence-corrected chi connectivity index (χ1v) is 5.70. The molecular weight excluding hydrogens is 228 g/mol. The Balaban J connectivity index is 2.98. The molecule has 0 fully saturated rings. The Morgan fingerprint density at radius 2 is 2.17 bits per heavy atom. The molecule has 1 atom stereocenters. The average Bonchev–Trinajstić information content (AvgIpc) is 2.34. The van der Waals surface area contributed by atoms with Gasteiger partial charge in [0.1, 0.15) is 0 Å². The van der Waals surface area contributed by atoms with Crippen molar-refractivity contribution in [3.8, 4) is 18.1 Å². The summed E-state index contributed by atoms with van der Waals surface area (Å²) >= 11 is 0. The van der Waals surface area contributed by atoms with E-state index in [-0.39, 0.29) is 17.9 Å². The maximum atomic E-state index is 12.1. The highest BCUT2D eigenvalue weighted by Gasteiger charge is 2.18. The molecule has 1 unspecified atom stereocenters. The van der Waals surface area contributed by atoms with Crippen LogP contribution in [0.2, 0.25) is 0 Å². The van der Waals surface area contributed by atoms with Gasteiger partial charge in [-0.05, 0) is 18.1 Å². The van der Waals surface area contributed by atoms with Crippen LogP contribution in [0.3, 0.4) is 0 Å². The second kappa shape index (κ2) is 5.97. The molecule has 0 aliphatic heterocycles. The molecule has 0 aliphatic rings. The Bertz CT molecular complexity index is 475. The standard InChI is InChI=1S/C14H18N2O2/c1-5-12(9(2)3)16-14(17)10-7-6-8-11(15)13(10)18-4/h1,6-9,12H,15H2,2-4H3,(H,16,17). The summed E-state index contributed by atoms with van der Waals surface area (Å²) in [6, 6.07) is 4.71.